The summed E-state index contributed by atoms with van der Waals surface area (Å²) in [6, 6.07) is 85.9. The molecule has 0 aliphatic rings. The van der Waals surface area contributed by atoms with Gasteiger partial charge in [-0.05, 0) is 132 Å². The second-order valence-corrected chi connectivity index (χ2v) is 14.6. The first-order valence-corrected chi connectivity index (χ1v) is 19.6. The van der Waals surface area contributed by atoms with Gasteiger partial charge >= 0.3 is 0 Å². The van der Waals surface area contributed by atoms with E-state index in [9.17, 15) is 0 Å². The quantitative estimate of drug-likeness (QED) is 0.141. The lowest BCUT2D eigenvalue weighted by Crippen LogP contribution is -2.11. The number of fused-ring (bicyclic) bond motifs is 3. The predicted molar refractivity (Wildman–Crippen MR) is 243 cm³/mol. The van der Waals surface area contributed by atoms with Gasteiger partial charge in [0.2, 0.25) is 0 Å². The van der Waals surface area contributed by atoms with Crippen LogP contribution < -0.4 is 4.90 Å². The topological polar surface area (TPSA) is 3.24 Å². The normalized spacial score (nSPS) is 11.2. The third-order valence-corrected chi connectivity index (χ3v) is 11.0. The van der Waals surface area contributed by atoms with Crippen LogP contribution in [0.2, 0.25) is 0 Å². The Labute approximate surface area is 334 Å². The van der Waals surface area contributed by atoms with E-state index in [1.165, 1.54) is 60.5 Å². The molecule has 0 saturated carbocycles. The van der Waals surface area contributed by atoms with Crippen molar-refractivity contribution in [2.24, 2.45) is 0 Å². The van der Waals surface area contributed by atoms with E-state index in [0.717, 1.165) is 33.8 Å². The zero-order valence-corrected chi connectivity index (χ0v) is 31.5. The van der Waals surface area contributed by atoms with Crippen LogP contribution in [0.15, 0.2) is 237 Å². The van der Waals surface area contributed by atoms with E-state index in [4.69, 9.17) is 0 Å². The van der Waals surface area contributed by atoms with Crippen molar-refractivity contribution in [3.05, 3.63) is 237 Å². The van der Waals surface area contributed by atoms with Crippen LogP contribution in [0.3, 0.4) is 0 Å². The predicted octanol–water partition coefficient (Wildman–Crippen LogP) is 15.8. The molecule has 0 N–H and O–H groups in total. The van der Waals surface area contributed by atoms with Crippen molar-refractivity contribution in [1.82, 2.24) is 0 Å². The molecule has 0 atom stereocenters. The molecule has 10 aromatic rings. The molecule has 57 heavy (non-hydrogen) atoms. The van der Waals surface area contributed by atoms with Gasteiger partial charge in [0.15, 0.2) is 0 Å². The Kier molecular flexibility index (Phi) is 8.95. The highest BCUT2D eigenvalue weighted by Gasteiger charge is 2.19. The molecule has 1 nitrogen and oxygen atoms in total. The van der Waals surface area contributed by atoms with Crippen molar-refractivity contribution in [3.8, 4) is 55.6 Å². The Balaban J connectivity index is 1.25. The summed E-state index contributed by atoms with van der Waals surface area (Å²) in [4.78, 5) is 2.44. The maximum atomic E-state index is 2.44. The van der Waals surface area contributed by atoms with Gasteiger partial charge in [-0.25, -0.2) is 0 Å². The minimum absolute atomic E-state index is 1.08. The summed E-state index contributed by atoms with van der Waals surface area (Å²) in [7, 11) is 0. The number of rotatable bonds is 8. The van der Waals surface area contributed by atoms with Crippen LogP contribution in [0.25, 0.3) is 77.2 Å². The third-order valence-electron chi connectivity index (χ3n) is 11.0. The zero-order valence-electron chi connectivity index (χ0n) is 31.5. The lowest BCUT2D eigenvalue weighted by atomic mass is 9.91. The number of nitrogens with zero attached hydrogens (tertiary/aromatic N) is 1. The first kappa shape index (κ1) is 34.0. The van der Waals surface area contributed by atoms with Crippen molar-refractivity contribution in [1.29, 1.82) is 0 Å². The second kappa shape index (κ2) is 15.0. The fourth-order valence-corrected chi connectivity index (χ4v) is 8.20. The summed E-state index contributed by atoms with van der Waals surface area (Å²) in [5.74, 6) is 0. The van der Waals surface area contributed by atoms with Crippen molar-refractivity contribution in [3.63, 3.8) is 0 Å². The maximum absolute atomic E-state index is 2.44. The molecule has 10 rings (SSSR count). The Bertz CT molecular complexity index is 2910. The molecule has 10 aromatic carbocycles. The van der Waals surface area contributed by atoms with Crippen LogP contribution >= 0.6 is 0 Å². The van der Waals surface area contributed by atoms with Crippen LogP contribution in [0.5, 0.6) is 0 Å². The maximum Gasteiger partial charge on any atom is 0.0473 e. The minimum atomic E-state index is 1.08. The molecule has 0 saturated heterocycles. The number of hydrogen-bond donors (Lipinski definition) is 0. The smallest absolute Gasteiger partial charge is 0.0473 e. The molecule has 0 unspecified atom stereocenters. The van der Waals surface area contributed by atoms with Crippen molar-refractivity contribution in [2.75, 3.05) is 4.90 Å². The second-order valence-electron chi connectivity index (χ2n) is 14.6. The van der Waals surface area contributed by atoms with Crippen LogP contribution in [0.1, 0.15) is 0 Å². The van der Waals surface area contributed by atoms with E-state index in [0.29, 0.717) is 0 Å². The van der Waals surface area contributed by atoms with Crippen molar-refractivity contribution >= 4 is 38.6 Å². The standard InChI is InChI=1S/C56H39N/c1-5-17-40(18-6-1)44-29-31-50(32-30-44)57(51-35-46(41-19-7-2-8-20-41)33-47(36-51)42-21-9-3-10-22-42)52-37-48(43-23-11-4-12-24-43)34-49(38-52)56-39-45-25-13-14-26-53(45)54-27-15-16-28-55(54)56/h1-39H. The average Bonchev–Trinajstić information content (AvgIpc) is 3.30. The van der Waals surface area contributed by atoms with Crippen molar-refractivity contribution < 1.29 is 0 Å². The Hall–Kier alpha value is -7.48. The lowest BCUT2D eigenvalue weighted by Gasteiger charge is -2.28. The Morgan fingerprint density at radius 2 is 0.579 bits per heavy atom. The van der Waals surface area contributed by atoms with Crippen LogP contribution in [0, 0.1) is 0 Å². The molecule has 0 bridgehead atoms. The summed E-state index contributed by atoms with van der Waals surface area (Å²) < 4.78 is 0. The van der Waals surface area contributed by atoms with E-state index in [1.807, 2.05) is 0 Å². The first-order valence-electron chi connectivity index (χ1n) is 19.6. The van der Waals surface area contributed by atoms with Gasteiger partial charge in [-0.3, -0.25) is 0 Å². The molecule has 0 aliphatic carbocycles. The average molecular weight is 726 g/mol. The largest absolute Gasteiger partial charge is 0.310 e. The van der Waals surface area contributed by atoms with Gasteiger partial charge in [0.25, 0.3) is 0 Å². The van der Waals surface area contributed by atoms with Gasteiger partial charge in [0.05, 0.1) is 0 Å². The SMILES string of the molecule is c1ccc(-c2ccc(N(c3cc(-c4ccccc4)cc(-c4ccccc4)c3)c3cc(-c4ccccc4)cc(-c4cc5ccccc5c5ccccc45)c3)cc2)cc1. The van der Waals surface area contributed by atoms with Crippen LogP contribution in [-0.2, 0) is 0 Å². The number of benzene rings is 10. The summed E-state index contributed by atoms with van der Waals surface area (Å²) in [6.07, 6.45) is 0. The first-order chi connectivity index (χ1) is 28.2. The highest BCUT2D eigenvalue weighted by molar-refractivity contribution is 6.14. The zero-order chi connectivity index (χ0) is 38.0. The fourth-order valence-electron chi connectivity index (χ4n) is 8.20. The molecule has 1 heteroatoms. The Morgan fingerprint density at radius 3 is 1.09 bits per heavy atom. The third kappa shape index (κ3) is 6.77. The monoisotopic (exact) mass is 725 g/mol. The van der Waals surface area contributed by atoms with E-state index in [-0.39, 0.29) is 0 Å². The highest BCUT2D eigenvalue weighted by atomic mass is 15.1. The summed E-state index contributed by atoms with van der Waals surface area (Å²) in [5.41, 5.74) is 15.0. The van der Waals surface area contributed by atoms with Gasteiger partial charge in [0, 0.05) is 17.1 Å². The van der Waals surface area contributed by atoms with E-state index in [1.54, 1.807) is 0 Å². The summed E-state index contributed by atoms with van der Waals surface area (Å²) in [6.45, 7) is 0. The molecule has 0 aliphatic heterocycles. The van der Waals surface area contributed by atoms with Crippen LogP contribution in [-0.4, -0.2) is 0 Å². The number of anilines is 3. The van der Waals surface area contributed by atoms with E-state index in [2.05, 4.69) is 241 Å². The van der Waals surface area contributed by atoms with Crippen molar-refractivity contribution in [2.45, 2.75) is 0 Å². The van der Waals surface area contributed by atoms with Crippen LogP contribution in [0.4, 0.5) is 17.1 Å². The highest BCUT2D eigenvalue weighted by Crippen LogP contribution is 2.44. The van der Waals surface area contributed by atoms with Gasteiger partial charge in [0.1, 0.15) is 0 Å². The molecule has 268 valence electrons. The molecule has 0 heterocycles. The molecule has 0 radical (unpaired) electrons. The molecule has 0 fully saturated rings. The Morgan fingerprint density at radius 1 is 0.211 bits per heavy atom. The lowest BCUT2D eigenvalue weighted by molar-refractivity contribution is 1.28. The van der Waals surface area contributed by atoms with E-state index >= 15 is 0 Å². The molecule has 0 spiro atoms. The summed E-state index contributed by atoms with van der Waals surface area (Å²) >= 11 is 0. The molecule has 0 amide bonds. The van der Waals surface area contributed by atoms with Gasteiger partial charge < -0.3 is 4.90 Å². The van der Waals surface area contributed by atoms with Gasteiger partial charge in [-0.2, -0.15) is 0 Å². The number of hydrogen-bond acceptors (Lipinski definition) is 1. The van der Waals surface area contributed by atoms with E-state index < -0.39 is 0 Å². The van der Waals surface area contributed by atoms with Gasteiger partial charge in [-0.15, -0.1) is 0 Å². The summed E-state index contributed by atoms with van der Waals surface area (Å²) in [5, 5.41) is 4.99. The minimum Gasteiger partial charge on any atom is -0.310 e. The molecule has 0 aromatic heterocycles. The molecular formula is C56H39N. The molecular weight excluding hydrogens is 687 g/mol. The fraction of sp³-hybridized carbons (Fsp3) is 0. The van der Waals surface area contributed by atoms with Gasteiger partial charge in [-0.1, -0.05) is 182 Å².